The fourth-order valence-electron chi connectivity index (χ4n) is 2.41. The molecule has 0 saturated carbocycles. The third-order valence-electron chi connectivity index (χ3n) is 3.87. The van der Waals surface area contributed by atoms with Gasteiger partial charge in [-0.05, 0) is 31.5 Å². The normalized spacial score (nSPS) is 11.3. The minimum atomic E-state index is -0.298. The van der Waals surface area contributed by atoms with Gasteiger partial charge in [0.25, 0.3) is 0 Å². The van der Waals surface area contributed by atoms with E-state index in [2.05, 4.69) is 18.8 Å². The first-order valence-electron chi connectivity index (χ1n) is 7.57. The van der Waals surface area contributed by atoms with Crippen LogP contribution in [-0.4, -0.2) is 4.98 Å². The average molecular weight is 329 g/mol. The van der Waals surface area contributed by atoms with Gasteiger partial charge in [0.05, 0.1) is 16.1 Å². The summed E-state index contributed by atoms with van der Waals surface area (Å²) in [5.74, 6) is 1.14. The molecule has 0 fully saturated rings. The van der Waals surface area contributed by atoms with Crippen molar-refractivity contribution in [2.75, 3.05) is 0 Å². The van der Waals surface area contributed by atoms with Gasteiger partial charge >= 0.3 is 5.63 Å². The largest absolute Gasteiger partial charge is 0.486 e. The Morgan fingerprint density at radius 2 is 2.04 bits per heavy atom. The van der Waals surface area contributed by atoms with Crippen molar-refractivity contribution in [1.82, 2.24) is 4.98 Å². The van der Waals surface area contributed by atoms with Crippen molar-refractivity contribution in [3.05, 3.63) is 55.8 Å². The van der Waals surface area contributed by atoms with Gasteiger partial charge in [0.15, 0.2) is 0 Å². The van der Waals surface area contributed by atoms with Gasteiger partial charge in [0.1, 0.15) is 17.9 Å². The Kier molecular flexibility index (Phi) is 4.22. The summed E-state index contributed by atoms with van der Waals surface area (Å²) in [5, 5.41) is 3.99. The molecule has 0 atom stereocenters. The van der Waals surface area contributed by atoms with Gasteiger partial charge in [-0.1, -0.05) is 19.9 Å². The molecule has 0 aliphatic heterocycles. The van der Waals surface area contributed by atoms with Gasteiger partial charge in [0, 0.05) is 16.9 Å². The molecular formula is C18H19NO3S. The molecule has 2 heterocycles. The molecule has 0 aliphatic carbocycles. The first-order valence-corrected chi connectivity index (χ1v) is 8.45. The number of thiazole rings is 1. The van der Waals surface area contributed by atoms with Crippen molar-refractivity contribution in [1.29, 1.82) is 0 Å². The molecular weight excluding hydrogens is 310 g/mol. The summed E-state index contributed by atoms with van der Waals surface area (Å²) in [6.45, 7) is 8.35. The second-order valence-electron chi connectivity index (χ2n) is 5.89. The van der Waals surface area contributed by atoms with Crippen LogP contribution >= 0.6 is 11.3 Å². The van der Waals surface area contributed by atoms with Crippen molar-refractivity contribution < 1.29 is 9.15 Å². The molecule has 0 N–H and O–H groups in total. The van der Waals surface area contributed by atoms with Gasteiger partial charge in [-0.25, -0.2) is 9.78 Å². The Bertz CT molecular complexity index is 908. The molecule has 3 rings (SSSR count). The maximum atomic E-state index is 11.8. The summed E-state index contributed by atoms with van der Waals surface area (Å²) >= 11 is 1.65. The Hall–Kier alpha value is -2.14. The van der Waals surface area contributed by atoms with Crippen LogP contribution in [0.1, 0.15) is 41.6 Å². The van der Waals surface area contributed by atoms with Crippen LogP contribution in [0.5, 0.6) is 5.75 Å². The smallest absolute Gasteiger partial charge is 0.339 e. The Morgan fingerprint density at radius 1 is 1.26 bits per heavy atom. The van der Waals surface area contributed by atoms with Crippen molar-refractivity contribution in [2.24, 2.45) is 0 Å². The van der Waals surface area contributed by atoms with Gasteiger partial charge in [-0.2, -0.15) is 0 Å². The number of nitrogens with zero attached hydrogens (tertiary/aromatic N) is 1. The van der Waals surface area contributed by atoms with Gasteiger partial charge in [-0.3, -0.25) is 0 Å². The molecule has 0 spiro atoms. The lowest BCUT2D eigenvalue weighted by Crippen LogP contribution is -2.06. The van der Waals surface area contributed by atoms with Gasteiger partial charge in [-0.15, -0.1) is 11.3 Å². The third-order valence-corrected chi connectivity index (χ3v) is 5.07. The van der Waals surface area contributed by atoms with E-state index < -0.39 is 0 Å². The summed E-state index contributed by atoms with van der Waals surface area (Å²) < 4.78 is 11.3. The van der Waals surface area contributed by atoms with E-state index in [1.54, 1.807) is 24.3 Å². The van der Waals surface area contributed by atoms with E-state index in [1.807, 2.05) is 24.4 Å². The molecule has 0 unspecified atom stereocenters. The zero-order valence-corrected chi connectivity index (χ0v) is 14.5. The summed E-state index contributed by atoms with van der Waals surface area (Å²) in [6, 6.07) is 5.51. The molecule has 3 aromatic rings. The van der Waals surface area contributed by atoms with Crippen LogP contribution in [0, 0.1) is 13.8 Å². The van der Waals surface area contributed by atoms with Crippen molar-refractivity contribution in [2.45, 2.75) is 40.2 Å². The summed E-state index contributed by atoms with van der Waals surface area (Å²) in [4.78, 5) is 16.4. The van der Waals surface area contributed by atoms with Gasteiger partial charge in [0.2, 0.25) is 0 Å². The van der Waals surface area contributed by atoms with Gasteiger partial charge < -0.3 is 9.15 Å². The number of benzene rings is 1. The van der Waals surface area contributed by atoms with Crippen LogP contribution in [-0.2, 0) is 6.61 Å². The van der Waals surface area contributed by atoms with E-state index in [0.717, 1.165) is 21.7 Å². The quantitative estimate of drug-likeness (QED) is 0.658. The van der Waals surface area contributed by atoms with Crippen molar-refractivity contribution in [3.8, 4) is 5.75 Å². The molecule has 5 heteroatoms. The standard InChI is InChI=1S/C18H19NO3S/c1-10(2)17-19-13(9-23-17)8-21-14-6-5-7-15-16(14)11(3)12(4)18(20)22-15/h5-7,9-10H,8H2,1-4H3. The third kappa shape index (κ3) is 3.01. The molecule has 0 radical (unpaired) electrons. The molecule has 0 saturated heterocycles. The first kappa shape index (κ1) is 15.7. The lowest BCUT2D eigenvalue weighted by Gasteiger charge is -2.10. The van der Waals surface area contributed by atoms with Crippen LogP contribution in [0.3, 0.4) is 0 Å². The lowest BCUT2D eigenvalue weighted by molar-refractivity contribution is 0.305. The molecule has 1 aromatic carbocycles. The zero-order valence-electron chi connectivity index (χ0n) is 13.7. The highest BCUT2D eigenvalue weighted by molar-refractivity contribution is 7.09. The molecule has 0 bridgehead atoms. The molecule has 120 valence electrons. The highest BCUT2D eigenvalue weighted by Crippen LogP contribution is 2.30. The Morgan fingerprint density at radius 3 is 2.74 bits per heavy atom. The van der Waals surface area contributed by atoms with E-state index in [4.69, 9.17) is 9.15 Å². The number of fused-ring (bicyclic) bond motifs is 1. The van der Waals surface area contributed by atoms with E-state index in [0.29, 0.717) is 29.4 Å². The molecule has 4 nitrogen and oxygen atoms in total. The fourth-order valence-corrected chi connectivity index (χ4v) is 3.23. The second-order valence-corrected chi connectivity index (χ2v) is 6.78. The van der Waals surface area contributed by atoms with E-state index in [1.165, 1.54) is 0 Å². The predicted octanol–water partition coefficient (Wildman–Crippen LogP) is 4.57. The van der Waals surface area contributed by atoms with Crippen molar-refractivity contribution >= 4 is 22.3 Å². The molecule has 2 aromatic heterocycles. The number of ether oxygens (including phenoxy) is 1. The predicted molar refractivity (Wildman–Crippen MR) is 92.5 cm³/mol. The second kappa shape index (κ2) is 6.16. The maximum Gasteiger partial charge on any atom is 0.339 e. The minimum absolute atomic E-state index is 0.298. The summed E-state index contributed by atoms with van der Waals surface area (Å²) in [7, 11) is 0. The number of aryl methyl sites for hydroxylation is 1. The van der Waals surface area contributed by atoms with Crippen LogP contribution in [0.4, 0.5) is 0 Å². The van der Waals surface area contributed by atoms with E-state index >= 15 is 0 Å². The lowest BCUT2D eigenvalue weighted by atomic mass is 10.1. The minimum Gasteiger partial charge on any atom is -0.486 e. The van der Waals surface area contributed by atoms with Crippen molar-refractivity contribution in [3.63, 3.8) is 0 Å². The highest BCUT2D eigenvalue weighted by Gasteiger charge is 2.13. The monoisotopic (exact) mass is 329 g/mol. The number of aromatic nitrogens is 1. The maximum absolute atomic E-state index is 11.8. The highest BCUT2D eigenvalue weighted by atomic mass is 32.1. The molecule has 23 heavy (non-hydrogen) atoms. The summed E-state index contributed by atoms with van der Waals surface area (Å²) in [5.41, 5.74) is 2.68. The van der Waals surface area contributed by atoms with Crippen LogP contribution in [0.2, 0.25) is 0 Å². The van der Waals surface area contributed by atoms with E-state index in [9.17, 15) is 4.79 Å². The number of hydrogen-bond donors (Lipinski definition) is 0. The molecule has 0 aliphatic rings. The fraction of sp³-hybridized carbons (Fsp3) is 0.333. The zero-order chi connectivity index (χ0) is 16.6. The van der Waals surface area contributed by atoms with Crippen LogP contribution in [0.25, 0.3) is 11.0 Å². The Labute approximate surface area is 138 Å². The average Bonchev–Trinajstić information content (AvgIpc) is 2.99. The van der Waals surface area contributed by atoms with E-state index in [-0.39, 0.29) is 5.63 Å². The number of rotatable bonds is 4. The first-order chi connectivity index (χ1) is 11.0. The Balaban J connectivity index is 1.93. The molecule has 0 amide bonds. The van der Waals surface area contributed by atoms with Crippen LogP contribution < -0.4 is 10.4 Å². The summed E-state index contributed by atoms with van der Waals surface area (Å²) in [6.07, 6.45) is 0. The SMILES string of the molecule is Cc1c(C)c2c(OCc3csc(C(C)C)n3)cccc2oc1=O. The van der Waals surface area contributed by atoms with Crippen LogP contribution in [0.15, 0.2) is 32.8 Å². The topological polar surface area (TPSA) is 52.3 Å². The number of hydrogen-bond acceptors (Lipinski definition) is 5.